The summed E-state index contributed by atoms with van der Waals surface area (Å²) in [4.78, 5) is 17.0. The van der Waals surface area contributed by atoms with Gasteiger partial charge < -0.3 is 24.8 Å². The third-order valence-electron chi connectivity index (χ3n) is 6.84. The molecular weight excluding hydrogens is 522 g/mol. The SMILES string of the molecule is CCCC1CCC(C(=O)NC(=S)Nc2ccc(OC3=CC=NC/C3=C\C(OC)=C(/CC)OC)c(Cl)c2)CC1. The lowest BCUT2D eigenvalue weighted by Crippen LogP contribution is -2.39. The van der Waals surface area contributed by atoms with E-state index in [4.69, 9.17) is 38.0 Å². The molecule has 2 N–H and O–H groups in total. The Kier molecular flexibility index (Phi) is 11.7. The van der Waals surface area contributed by atoms with Crippen LogP contribution < -0.4 is 15.4 Å². The molecule has 0 radical (unpaired) electrons. The van der Waals surface area contributed by atoms with Crippen LogP contribution in [0.1, 0.15) is 58.8 Å². The number of nitrogens with zero attached hydrogens (tertiary/aromatic N) is 1. The van der Waals surface area contributed by atoms with Crippen LogP contribution >= 0.6 is 23.8 Å². The van der Waals surface area contributed by atoms with E-state index in [0.717, 1.165) is 42.9 Å². The molecule has 0 spiro atoms. The van der Waals surface area contributed by atoms with Crippen molar-refractivity contribution in [2.45, 2.75) is 58.8 Å². The van der Waals surface area contributed by atoms with Crippen LogP contribution in [0.5, 0.6) is 5.75 Å². The highest BCUT2D eigenvalue weighted by Gasteiger charge is 2.26. The minimum atomic E-state index is -0.0158. The molecule has 1 aliphatic heterocycles. The molecule has 1 amide bonds. The Morgan fingerprint density at radius 1 is 1.18 bits per heavy atom. The van der Waals surface area contributed by atoms with Crippen LogP contribution in [0.2, 0.25) is 5.02 Å². The number of aliphatic imine (C=N–C) groups is 1. The molecule has 0 atom stereocenters. The second-order valence-electron chi connectivity index (χ2n) is 9.44. The average molecular weight is 560 g/mol. The van der Waals surface area contributed by atoms with E-state index in [1.165, 1.54) is 12.8 Å². The first-order chi connectivity index (χ1) is 18.4. The molecule has 0 unspecified atom stereocenters. The fraction of sp³-hybridized carbons (Fsp3) is 0.483. The molecular formula is C29H38ClN3O4S. The van der Waals surface area contributed by atoms with E-state index in [0.29, 0.717) is 40.9 Å². The summed E-state index contributed by atoms with van der Waals surface area (Å²) >= 11 is 11.9. The molecule has 1 aliphatic carbocycles. The topological polar surface area (TPSA) is 81.2 Å². The van der Waals surface area contributed by atoms with E-state index >= 15 is 0 Å². The van der Waals surface area contributed by atoms with Gasteiger partial charge in [-0.3, -0.25) is 9.79 Å². The van der Waals surface area contributed by atoms with Gasteiger partial charge in [0.2, 0.25) is 5.91 Å². The first-order valence-electron chi connectivity index (χ1n) is 13.2. The Morgan fingerprint density at radius 3 is 2.58 bits per heavy atom. The van der Waals surface area contributed by atoms with Crippen molar-refractivity contribution in [1.29, 1.82) is 0 Å². The molecule has 0 bridgehead atoms. The smallest absolute Gasteiger partial charge is 0.229 e. The number of thiocarbonyl (C=S) groups is 1. The molecule has 1 aromatic carbocycles. The number of amides is 1. The first kappa shape index (κ1) is 29.7. The van der Waals surface area contributed by atoms with Crippen molar-refractivity contribution in [1.82, 2.24) is 5.32 Å². The number of anilines is 1. The number of hydrogen-bond donors (Lipinski definition) is 2. The van der Waals surface area contributed by atoms with Crippen LogP contribution in [0.3, 0.4) is 0 Å². The third kappa shape index (κ3) is 8.33. The van der Waals surface area contributed by atoms with Crippen molar-refractivity contribution < 1.29 is 19.0 Å². The van der Waals surface area contributed by atoms with Gasteiger partial charge in [0.25, 0.3) is 0 Å². The predicted octanol–water partition coefficient (Wildman–Crippen LogP) is 6.95. The van der Waals surface area contributed by atoms with E-state index in [1.54, 1.807) is 44.7 Å². The number of allylic oxidation sites excluding steroid dienone is 3. The number of nitrogens with one attached hydrogen (secondary N) is 2. The fourth-order valence-corrected chi connectivity index (χ4v) is 5.22. The maximum atomic E-state index is 12.7. The molecule has 206 valence electrons. The lowest BCUT2D eigenvalue weighted by atomic mass is 9.80. The van der Waals surface area contributed by atoms with Crippen molar-refractivity contribution in [2.75, 3.05) is 26.1 Å². The average Bonchev–Trinajstić information content (AvgIpc) is 2.91. The highest BCUT2D eigenvalue weighted by atomic mass is 35.5. The number of dihydropyridines is 1. The number of ether oxygens (including phenoxy) is 3. The van der Waals surface area contributed by atoms with Gasteiger partial charge in [-0.05, 0) is 74.2 Å². The van der Waals surface area contributed by atoms with Gasteiger partial charge in [0.15, 0.2) is 10.9 Å². The van der Waals surface area contributed by atoms with Gasteiger partial charge in [0.1, 0.15) is 17.3 Å². The van der Waals surface area contributed by atoms with E-state index in [2.05, 4.69) is 22.5 Å². The van der Waals surface area contributed by atoms with E-state index in [-0.39, 0.29) is 16.9 Å². The maximum Gasteiger partial charge on any atom is 0.229 e. The Hall–Kier alpha value is -2.84. The Morgan fingerprint density at radius 2 is 1.95 bits per heavy atom. The predicted molar refractivity (Wildman–Crippen MR) is 158 cm³/mol. The van der Waals surface area contributed by atoms with Gasteiger partial charge in [-0.25, -0.2) is 0 Å². The molecule has 1 aromatic rings. The van der Waals surface area contributed by atoms with Gasteiger partial charge in [-0.1, -0.05) is 38.3 Å². The Balaban J connectivity index is 1.61. The van der Waals surface area contributed by atoms with Crippen molar-refractivity contribution in [3.05, 3.63) is 58.2 Å². The highest BCUT2D eigenvalue weighted by Crippen LogP contribution is 2.33. The minimum absolute atomic E-state index is 0.0158. The number of carbonyl (C=O) groups excluding carboxylic acids is 1. The van der Waals surface area contributed by atoms with Gasteiger partial charge >= 0.3 is 0 Å². The number of halogens is 1. The summed E-state index contributed by atoms with van der Waals surface area (Å²) in [5.74, 6) is 3.19. The summed E-state index contributed by atoms with van der Waals surface area (Å²) < 4.78 is 17.1. The maximum absolute atomic E-state index is 12.7. The summed E-state index contributed by atoms with van der Waals surface area (Å²) in [6.45, 7) is 4.64. The molecule has 38 heavy (non-hydrogen) atoms. The lowest BCUT2D eigenvalue weighted by Gasteiger charge is -2.27. The summed E-state index contributed by atoms with van der Waals surface area (Å²) in [5, 5.41) is 6.56. The lowest BCUT2D eigenvalue weighted by molar-refractivity contribution is -0.124. The first-order valence-corrected chi connectivity index (χ1v) is 14.0. The number of benzene rings is 1. The largest absolute Gasteiger partial charge is 0.497 e. The zero-order chi connectivity index (χ0) is 27.5. The van der Waals surface area contributed by atoms with E-state index in [1.807, 2.05) is 13.0 Å². The van der Waals surface area contributed by atoms with Crippen LogP contribution in [-0.4, -0.2) is 38.0 Å². The summed E-state index contributed by atoms with van der Waals surface area (Å²) in [6.07, 6.45) is 12.5. The number of rotatable bonds is 10. The van der Waals surface area contributed by atoms with Crippen LogP contribution in [0.25, 0.3) is 0 Å². The van der Waals surface area contributed by atoms with Crippen LogP contribution in [0.15, 0.2) is 58.2 Å². The molecule has 0 saturated heterocycles. The molecule has 2 aliphatic rings. The van der Waals surface area contributed by atoms with Gasteiger partial charge in [0, 0.05) is 29.8 Å². The van der Waals surface area contributed by atoms with Crippen molar-refractivity contribution in [3.63, 3.8) is 0 Å². The monoisotopic (exact) mass is 559 g/mol. The van der Waals surface area contributed by atoms with Crippen LogP contribution in [0.4, 0.5) is 5.69 Å². The highest BCUT2D eigenvalue weighted by molar-refractivity contribution is 7.80. The standard InChI is InChI=1S/C29H38ClN3O4S/c1-5-7-19-8-10-20(11-9-19)28(34)33-29(38)32-22-12-13-26(23(30)17-22)37-25-14-15-31-18-21(25)16-27(36-4)24(6-2)35-3/h12-17,19-20H,5-11,18H2,1-4H3,(H2,32,33,34,38)/b21-16+,27-24-. The molecule has 3 rings (SSSR count). The third-order valence-corrected chi connectivity index (χ3v) is 7.34. The van der Waals surface area contributed by atoms with Crippen molar-refractivity contribution >= 4 is 46.7 Å². The Bertz CT molecular complexity index is 1110. The number of methoxy groups -OCH3 is 2. The zero-order valence-corrected chi connectivity index (χ0v) is 24.2. The summed E-state index contributed by atoms with van der Waals surface area (Å²) in [5.41, 5.74) is 1.49. The summed E-state index contributed by atoms with van der Waals surface area (Å²) in [7, 11) is 3.22. The molecule has 1 heterocycles. The van der Waals surface area contributed by atoms with E-state index in [9.17, 15) is 4.79 Å². The van der Waals surface area contributed by atoms with Crippen molar-refractivity contribution in [3.8, 4) is 5.75 Å². The fourth-order valence-electron chi connectivity index (χ4n) is 4.78. The molecule has 7 nitrogen and oxygen atoms in total. The summed E-state index contributed by atoms with van der Waals surface area (Å²) in [6, 6.07) is 5.28. The number of carbonyl (C=O) groups is 1. The molecule has 1 saturated carbocycles. The second kappa shape index (κ2) is 14.9. The van der Waals surface area contributed by atoms with Gasteiger partial charge in [-0.2, -0.15) is 0 Å². The Labute approximate surface area is 236 Å². The van der Waals surface area contributed by atoms with Crippen molar-refractivity contribution in [2.24, 2.45) is 16.8 Å². The normalized spacial score (nSPS) is 20.8. The van der Waals surface area contributed by atoms with Crippen LogP contribution in [0, 0.1) is 11.8 Å². The quantitative estimate of drug-likeness (QED) is 0.238. The second-order valence-corrected chi connectivity index (χ2v) is 10.3. The molecule has 9 heteroatoms. The molecule has 0 aromatic heterocycles. The number of hydrogen-bond acceptors (Lipinski definition) is 6. The van der Waals surface area contributed by atoms with Crippen LogP contribution in [-0.2, 0) is 14.3 Å². The van der Waals surface area contributed by atoms with Gasteiger partial charge in [0.05, 0.1) is 25.8 Å². The minimum Gasteiger partial charge on any atom is -0.497 e. The molecule has 1 fully saturated rings. The zero-order valence-electron chi connectivity index (χ0n) is 22.6. The van der Waals surface area contributed by atoms with Gasteiger partial charge in [-0.15, -0.1) is 0 Å². The van der Waals surface area contributed by atoms with E-state index < -0.39 is 0 Å².